The predicted octanol–water partition coefficient (Wildman–Crippen LogP) is 5.89. The highest BCUT2D eigenvalue weighted by molar-refractivity contribution is 7.99. The molecule has 0 amide bonds. The van der Waals surface area contributed by atoms with E-state index in [4.69, 9.17) is 0 Å². The van der Waals surface area contributed by atoms with Gasteiger partial charge >= 0.3 is 0 Å². The minimum Gasteiger partial charge on any atom is -0.0895 e. The third-order valence-electron chi connectivity index (χ3n) is 3.35. The molecule has 0 aromatic heterocycles. The zero-order valence-corrected chi connectivity index (χ0v) is 13.3. The van der Waals surface area contributed by atoms with Gasteiger partial charge in [0.2, 0.25) is 0 Å². The summed E-state index contributed by atoms with van der Waals surface area (Å²) in [4.78, 5) is 2.73. The number of hydrogen-bond acceptors (Lipinski definition) is 1. The van der Waals surface area contributed by atoms with Gasteiger partial charge in [0.15, 0.2) is 0 Å². The van der Waals surface area contributed by atoms with Crippen molar-refractivity contribution in [3.8, 4) is 0 Å². The van der Waals surface area contributed by atoms with Crippen molar-refractivity contribution >= 4 is 11.8 Å². The molecule has 0 N–H and O–H groups in total. The number of benzene rings is 2. The average molecular weight is 270 g/mol. The fourth-order valence-electron chi connectivity index (χ4n) is 2.38. The zero-order chi connectivity index (χ0) is 14.0. The molecule has 1 heteroatoms. The van der Waals surface area contributed by atoms with E-state index in [1.165, 1.54) is 32.0 Å². The highest BCUT2D eigenvalue weighted by Gasteiger charge is 2.07. The molecule has 0 bridgehead atoms. The SMILES string of the molecule is Cc1cc(C)c(Sc2cccc(C(C)C)c2)c(C)c1. The van der Waals surface area contributed by atoms with Gasteiger partial charge in [-0.15, -0.1) is 0 Å². The molecule has 100 valence electrons. The lowest BCUT2D eigenvalue weighted by molar-refractivity contribution is 0.862. The summed E-state index contributed by atoms with van der Waals surface area (Å²) in [5, 5.41) is 0. The minimum absolute atomic E-state index is 0.584. The van der Waals surface area contributed by atoms with Crippen LogP contribution in [0.1, 0.15) is 42.0 Å². The fraction of sp³-hybridized carbons (Fsp3) is 0.333. The van der Waals surface area contributed by atoms with Crippen molar-refractivity contribution in [1.82, 2.24) is 0 Å². The quantitative estimate of drug-likeness (QED) is 0.670. The van der Waals surface area contributed by atoms with Crippen LogP contribution in [0.4, 0.5) is 0 Å². The Morgan fingerprint density at radius 1 is 0.895 bits per heavy atom. The van der Waals surface area contributed by atoms with Crippen LogP contribution in [0.2, 0.25) is 0 Å². The summed E-state index contributed by atoms with van der Waals surface area (Å²) in [6.07, 6.45) is 0. The van der Waals surface area contributed by atoms with Gasteiger partial charge in [0, 0.05) is 9.79 Å². The first-order valence-electron chi connectivity index (χ1n) is 6.83. The molecular weight excluding hydrogens is 248 g/mol. The molecule has 2 aromatic carbocycles. The Bertz CT molecular complexity index is 559. The Labute approximate surface area is 121 Å². The molecule has 0 aliphatic rings. The Hall–Kier alpha value is -1.21. The molecule has 0 fully saturated rings. The van der Waals surface area contributed by atoms with Crippen molar-refractivity contribution in [2.45, 2.75) is 50.3 Å². The van der Waals surface area contributed by atoms with Crippen molar-refractivity contribution < 1.29 is 0 Å². The zero-order valence-electron chi connectivity index (χ0n) is 12.4. The lowest BCUT2D eigenvalue weighted by atomic mass is 10.0. The van der Waals surface area contributed by atoms with Crippen molar-refractivity contribution in [1.29, 1.82) is 0 Å². The van der Waals surface area contributed by atoms with E-state index in [1.54, 1.807) is 0 Å². The van der Waals surface area contributed by atoms with E-state index in [2.05, 4.69) is 71.0 Å². The topological polar surface area (TPSA) is 0 Å². The molecule has 2 rings (SSSR count). The van der Waals surface area contributed by atoms with Crippen molar-refractivity contribution in [3.05, 3.63) is 58.7 Å². The van der Waals surface area contributed by atoms with Gasteiger partial charge in [-0.2, -0.15) is 0 Å². The van der Waals surface area contributed by atoms with Crippen LogP contribution in [0.5, 0.6) is 0 Å². The molecule has 0 aliphatic heterocycles. The van der Waals surface area contributed by atoms with Gasteiger partial charge in [0.25, 0.3) is 0 Å². The van der Waals surface area contributed by atoms with Crippen LogP contribution in [0.3, 0.4) is 0 Å². The van der Waals surface area contributed by atoms with Gasteiger partial charge in [-0.05, 0) is 55.5 Å². The Morgan fingerprint density at radius 2 is 1.53 bits per heavy atom. The van der Waals surface area contributed by atoms with Gasteiger partial charge in [0.1, 0.15) is 0 Å². The Morgan fingerprint density at radius 3 is 2.11 bits per heavy atom. The van der Waals surface area contributed by atoms with Gasteiger partial charge in [-0.3, -0.25) is 0 Å². The molecule has 0 atom stereocenters. The number of hydrogen-bond donors (Lipinski definition) is 0. The first-order chi connectivity index (χ1) is 8.97. The normalized spacial score (nSPS) is 11.1. The summed E-state index contributed by atoms with van der Waals surface area (Å²) in [5.74, 6) is 0.584. The standard InChI is InChI=1S/C18H22S/c1-12(2)16-7-6-8-17(11-16)19-18-14(4)9-13(3)10-15(18)5/h6-12H,1-5H3. The summed E-state index contributed by atoms with van der Waals surface area (Å²) < 4.78 is 0. The lowest BCUT2D eigenvalue weighted by Gasteiger charge is -2.12. The van der Waals surface area contributed by atoms with Gasteiger partial charge in [0.05, 0.1) is 0 Å². The second-order valence-electron chi connectivity index (χ2n) is 5.56. The Balaban J connectivity index is 2.34. The molecule has 0 unspecified atom stereocenters. The maximum Gasteiger partial charge on any atom is 0.0181 e. The third kappa shape index (κ3) is 3.42. The van der Waals surface area contributed by atoms with Gasteiger partial charge < -0.3 is 0 Å². The van der Waals surface area contributed by atoms with E-state index < -0.39 is 0 Å². The van der Waals surface area contributed by atoms with Crippen LogP contribution in [-0.4, -0.2) is 0 Å². The second kappa shape index (κ2) is 5.83. The minimum atomic E-state index is 0.584. The molecule has 0 spiro atoms. The van der Waals surface area contributed by atoms with E-state index in [-0.39, 0.29) is 0 Å². The lowest BCUT2D eigenvalue weighted by Crippen LogP contribution is -1.89. The van der Waals surface area contributed by atoms with E-state index in [1.807, 2.05) is 11.8 Å². The maximum absolute atomic E-state index is 2.31. The summed E-state index contributed by atoms with van der Waals surface area (Å²) in [6, 6.07) is 13.4. The molecule has 0 aliphatic carbocycles. The molecule has 0 nitrogen and oxygen atoms in total. The van der Waals surface area contributed by atoms with Crippen LogP contribution < -0.4 is 0 Å². The predicted molar refractivity (Wildman–Crippen MR) is 85.3 cm³/mol. The molecule has 19 heavy (non-hydrogen) atoms. The van der Waals surface area contributed by atoms with E-state index >= 15 is 0 Å². The van der Waals surface area contributed by atoms with Crippen molar-refractivity contribution in [2.24, 2.45) is 0 Å². The van der Waals surface area contributed by atoms with Gasteiger partial charge in [-0.25, -0.2) is 0 Å². The van der Waals surface area contributed by atoms with Crippen LogP contribution >= 0.6 is 11.8 Å². The average Bonchev–Trinajstić information content (AvgIpc) is 2.34. The van der Waals surface area contributed by atoms with E-state index in [9.17, 15) is 0 Å². The molecular formula is C18H22S. The summed E-state index contributed by atoms with van der Waals surface area (Å²) in [5.41, 5.74) is 5.50. The molecule has 2 aromatic rings. The van der Waals surface area contributed by atoms with E-state index in [0.717, 1.165) is 0 Å². The van der Waals surface area contributed by atoms with E-state index in [0.29, 0.717) is 5.92 Å². The van der Waals surface area contributed by atoms with Crippen LogP contribution in [0.15, 0.2) is 46.2 Å². The molecule has 0 saturated heterocycles. The number of aryl methyl sites for hydroxylation is 3. The van der Waals surface area contributed by atoms with Crippen LogP contribution in [-0.2, 0) is 0 Å². The summed E-state index contributed by atoms with van der Waals surface area (Å²) in [7, 11) is 0. The van der Waals surface area contributed by atoms with Gasteiger partial charge in [-0.1, -0.05) is 55.4 Å². The highest BCUT2D eigenvalue weighted by Crippen LogP contribution is 2.34. The first-order valence-corrected chi connectivity index (χ1v) is 7.64. The monoisotopic (exact) mass is 270 g/mol. The smallest absolute Gasteiger partial charge is 0.0181 e. The van der Waals surface area contributed by atoms with Crippen LogP contribution in [0, 0.1) is 20.8 Å². The van der Waals surface area contributed by atoms with Crippen molar-refractivity contribution in [2.75, 3.05) is 0 Å². The number of rotatable bonds is 3. The summed E-state index contributed by atoms with van der Waals surface area (Å²) >= 11 is 1.88. The largest absolute Gasteiger partial charge is 0.0895 e. The van der Waals surface area contributed by atoms with Crippen molar-refractivity contribution in [3.63, 3.8) is 0 Å². The summed E-state index contributed by atoms with van der Waals surface area (Å²) in [6.45, 7) is 11.1. The Kier molecular flexibility index (Phi) is 4.36. The first kappa shape index (κ1) is 14.2. The molecule has 0 radical (unpaired) electrons. The van der Waals surface area contributed by atoms with Crippen LogP contribution in [0.25, 0.3) is 0 Å². The highest BCUT2D eigenvalue weighted by atomic mass is 32.2. The fourth-order valence-corrected chi connectivity index (χ4v) is 3.40. The third-order valence-corrected chi connectivity index (χ3v) is 4.69. The molecule has 0 saturated carbocycles. The second-order valence-corrected chi connectivity index (χ2v) is 6.64. The maximum atomic E-state index is 2.31. The molecule has 0 heterocycles.